The van der Waals surface area contributed by atoms with Crippen LogP contribution < -0.4 is 4.72 Å². The minimum absolute atomic E-state index is 0.00757. The van der Waals surface area contributed by atoms with Crippen LogP contribution in [0.15, 0.2) is 47.5 Å². The SMILES string of the molecule is O=S(=O)(Nc1ccc(F)cc1)c1ccnc(Cl)c1. The monoisotopic (exact) mass is 286 g/mol. The van der Waals surface area contributed by atoms with Crippen LogP contribution in [-0.4, -0.2) is 13.4 Å². The van der Waals surface area contributed by atoms with E-state index in [9.17, 15) is 12.8 Å². The van der Waals surface area contributed by atoms with E-state index in [0.29, 0.717) is 0 Å². The van der Waals surface area contributed by atoms with Gasteiger partial charge in [0.25, 0.3) is 10.0 Å². The van der Waals surface area contributed by atoms with Gasteiger partial charge in [-0.2, -0.15) is 0 Å². The van der Waals surface area contributed by atoms with Crippen LogP contribution in [0.2, 0.25) is 5.15 Å². The number of nitrogens with one attached hydrogen (secondary N) is 1. The van der Waals surface area contributed by atoms with Gasteiger partial charge in [-0.05, 0) is 36.4 Å². The third-order valence-corrected chi connectivity index (χ3v) is 3.69. The summed E-state index contributed by atoms with van der Waals surface area (Å²) in [6.45, 7) is 0. The van der Waals surface area contributed by atoms with Gasteiger partial charge < -0.3 is 0 Å². The molecule has 0 fully saturated rings. The minimum Gasteiger partial charge on any atom is -0.280 e. The van der Waals surface area contributed by atoms with Crippen molar-refractivity contribution in [1.29, 1.82) is 0 Å². The molecule has 2 aromatic rings. The summed E-state index contributed by atoms with van der Waals surface area (Å²) in [6, 6.07) is 7.53. The summed E-state index contributed by atoms with van der Waals surface area (Å²) in [5.41, 5.74) is 0.268. The molecule has 0 bridgehead atoms. The molecule has 0 unspecified atom stereocenters. The molecular formula is C11H8ClFN2O2S. The van der Waals surface area contributed by atoms with Gasteiger partial charge in [-0.3, -0.25) is 4.72 Å². The zero-order chi connectivity index (χ0) is 13.2. The van der Waals surface area contributed by atoms with E-state index in [-0.39, 0.29) is 15.7 Å². The smallest absolute Gasteiger partial charge is 0.262 e. The van der Waals surface area contributed by atoms with E-state index in [1.54, 1.807) is 0 Å². The van der Waals surface area contributed by atoms with E-state index in [0.717, 1.165) is 12.1 Å². The molecule has 7 heteroatoms. The van der Waals surface area contributed by atoms with Crippen LogP contribution in [0, 0.1) is 5.82 Å². The van der Waals surface area contributed by atoms with Crippen molar-refractivity contribution in [2.75, 3.05) is 4.72 Å². The van der Waals surface area contributed by atoms with Crippen LogP contribution in [0.4, 0.5) is 10.1 Å². The van der Waals surface area contributed by atoms with Gasteiger partial charge in [0.05, 0.1) is 4.90 Å². The molecule has 18 heavy (non-hydrogen) atoms. The number of rotatable bonds is 3. The number of anilines is 1. The van der Waals surface area contributed by atoms with Crippen molar-refractivity contribution in [3.05, 3.63) is 53.6 Å². The number of benzene rings is 1. The summed E-state index contributed by atoms with van der Waals surface area (Å²) in [5, 5.41) is 0.0805. The van der Waals surface area contributed by atoms with Gasteiger partial charge in [-0.1, -0.05) is 11.6 Å². The summed E-state index contributed by atoms with van der Waals surface area (Å²) in [4.78, 5) is 3.69. The predicted octanol–water partition coefficient (Wildman–Crippen LogP) is 2.67. The summed E-state index contributed by atoms with van der Waals surface area (Å²) in [5.74, 6) is -0.440. The molecule has 0 aliphatic rings. The van der Waals surface area contributed by atoms with E-state index in [2.05, 4.69) is 9.71 Å². The molecule has 0 amide bonds. The van der Waals surface area contributed by atoms with Gasteiger partial charge in [0.1, 0.15) is 11.0 Å². The summed E-state index contributed by atoms with van der Waals surface area (Å²) in [6.07, 6.45) is 1.29. The highest BCUT2D eigenvalue weighted by atomic mass is 35.5. The van der Waals surface area contributed by atoms with Gasteiger partial charge in [0.2, 0.25) is 0 Å². The Labute approximate surface area is 108 Å². The number of hydrogen-bond donors (Lipinski definition) is 1. The molecule has 0 atom stereocenters. The molecule has 94 valence electrons. The summed E-state index contributed by atoms with van der Waals surface area (Å²) >= 11 is 5.62. The number of halogens is 2. The highest BCUT2D eigenvalue weighted by molar-refractivity contribution is 7.92. The lowest BCUT2D eigenvalue weighted by Gasteiger charge is -2.07. The summed E-state index contributed by atoms with van der Waals surface area (Å²) in [7, 11) is -3.75. The second kappa shape index (κ2) is 4.91. The van der Waals surface area contributed by atoms with E-state index in [4.69, 9.17) is 11.6 Å². The molecule has 0 spiro atoms. The lowest BCUT2D eigenvalue weighted by atomic mass is 10.3. The number of sulfonamides is 1. The fourth-order valence-electron chi connectivity index (χ4n) is 1.28. The standard InChI is InChI=1S/C11H8ClFN2O2S/c12-11-7-10(5-6-14-11)18(16,17)15-9-3-1-8(13)2-4-9/h1-7,15H. The highest BCUT2D eigenvalue weighted by Gasteiger charge is 2.14. The second-order valence-corrected chi connectivity index (χ2v) is 5.50. The van der Waals surface area contributed by atoms with Crippen molar-refractivity contribution in [2.24, 2.45) is 0 Å². The molecule has 0 radical (unpaired) electrons. The van der Waals surface area contributed by atoms with E-state index >= 15 is 0 Å². The first kappa shape index (κ1) is 12.8. The Morgan fingerprint density at radius 1 is 1.17 bits per heavy atom. The molecule has 0 saturated heterocycles. The van der Waals surface area contributed by atoms with E-state index in [1.165, 1.54) is 30.5 Å². The Kier molecular flexibility index (Phi) is 3.49. The van der Waals surface area contributed by atoms with Gasteiger partial charge in [0, 0.05) is 11.9 Å². The topological polar surface area (TPSA) is 59.1 Å². The first-order valence-electron chi connectivity index (χ1n) is 4.87. The fourth-order valence-corrected chi connectivity index (χ4v) is 2.59. The zero-order valence-electron chi connectivity index (χ0n) is 8.97. The molecule has 0 aliphatic carbocycles. The normalized spacial score (nSPS) is 11.2. The van der Waals surface area contributed by atoms with Crippen LogP contribution in [0.25, 0.3) is 0 Å². The Bertz CT molecular complexity index is 659. The molecule has 4 nitrogen and oxygen atoms in total. The van der Waals surface area contributed by atoms with Crippen LogP contribution in [0.5, 0.6) is 0 Å². The van der Waals surface area contributed by atoms with Gasteiger partial charge in [-0.15, -0.1) is 0 Å². The fraction of sp³-hybridized carbons (Fsp3) is 0. The van der Waals surface area contributed by atoms with Crippen LogP contribution in [0.1, 0.15) is 0 Å². The third-order valence-electron chi connectivity index (χ3n) is 2.10. The number of aromatic nitrogens is 1. The average Bonchev–Trinajstić information content (AvgIpc) is 2.32. The van der Waals surface area contributed by atoms with Gasteiger partial charge in [-0.25, -0.2) is 17.8 Å². The number of hydrogen-bond acceptors (Lipinski definition) is 3. The summed E-state index contributed by atoms with van der Waals surface area (Å²) < 4.78 is 38.9. The lowest BCUT2D eigenvalue weighted by molar-refractivity contribution is 0.601. The maximum Gasteiger partial charge on any atom is 0.262 e. The number of nitrogens with zero attached hydrogens (tertiary/aromatic N) is 1. The minimum atomic E-state index is -3.75. The van der Waals surface area contributed by atoms with Crippen molar-refractivity contribution in [1.82, 2.24) is 4.98 Å². The van der Waals surface area contributed by atoms with E-state index in [1.807, 2.05) is 0 Å². The highest BCUT2D eigenvalue weighted by Crippen LogP contribution is 2.17. The van der Waals surface area contributed by atoms with Crippen molar-refractivity contribution < 1.29 is 12.8 Å². The number of pyridine rings is 1. The van der Waals surface area contributed by atoms with Gasteiger partial charge >= 0.3 is 0 Å². The van der Waals surface area contributed by atoms with Gasteiger partial charge in [0.15, 0.2) is 0 Å². The molecule has 0 saturated carbocycles. The Hall–Kier alpha value is -1.66. The zero-order valence-corrected chi connectivity index (χ0v) is 10.5. The Morgan fingerprint density at radius 2 is 1.83 bits per heavy atom. The molecule has 1 heterocycles. The maximum atomic E-state index is 12.7. The largest absolute Gasteiger partial charge is 0.280 e. The molecule has 2 rings (SSSR count). The first-order chi connectivity index (χ1) is 8.47. The predicted molar refractivity (Wildman–Crippen MR) is 66.5 cm³/mol. The second-order valence-electron chi connectivity index (χ2n) is 3.43. The molecule has 1 aromatic heterocycles. The van der Waals surface area contributed by atoms with Crippen LogP contribution >= 0.6 is 11.6 Å². The lowest BCUT2D eigenvalue weighted by Crippen LogP contribution is -2.13. The average molecular weight is 287 g/mol. The van der Waals surface area contributed by atoms with Crippen molar-refractivity contribution in [2.45, 2.75) is 4.90 Å². The molecule has 1 aromatic carbocycles. The molecular weight excluding hydrogens is 279 g/mol. The van der Waals surface area contributed by atoms with Crippen molar-refractivity contribution in [3.8, 4) is 0 Å². The van der Waals surface area contributed by atoms with Crippen LogP contribution in [0.3, 0.4) is 0 Å². The quantitative estimate of drug-likeness (QED) is 0.883. The van der Waals surface area contributed by atoms with Crippen molar-refractivity contribution >= 4 is 27.3 Å². The third kappa shape index (κ3) is 2.96. The maximum absolute atomic E-state index is 12.7. The Morgan fingerprint density at radius 3 is 2.44 bits per heavy atom. The first-order valence-corrected chi connectivity index (χ1v) is 6.73. The van der Waals surface area contributed by atoms with E-state index < -0.39 is 15.8 Å². The van der Waals surface area contributed by atoms with Crippen molar-refractivity contribution in [3.63, 3.8) is 0 Å². The van der Waals surface area contributed by atoms with Crippen LogP contribution in [-0.2, 0) is 10.0 Å². The Balaban J connectivity index is 2.30. The molecule has 1 N–H and O–H groups in total. The molecule has 0 aliphatic heterocycles.